The topological polar surface area (TPSA) is 38.0 Å². The lowest BCUT2D eigenvalue weighted by atomic mass is 9.97. The highest BCUT2D eigenvalue weighted by Crippen LogP contribution is 2.32. The number of rotatable bonds is 7. The van der Waals surface area contributed by atoms with Crippen molar-refractivity contribution in [1.82, 2.24) is 9.78 Å². The molecule has 3 nitrogen and oxygen atoms in total. The molecule has 1 heterocycles. The van der Waals surface area contributed by atoms with Crippen molar-refractivity contribution in [2.24, 2.45) is 7.05 Å². The lowest BCUT2D eigenvalue weighted by Gasteiger charge is -2.14. The number of nitrogens with zero attached hydrogens (tertiary/aromatic N) is 2. The van der Waals surface area contributed by atoms with Gasteiger partial charge in [0.05, 0.1) is 18.0 Å². The van der Waals surface area contributed by atoms with Gasteiger partial charge in [-0.3, -0.25) is 4.68 Å². The Bertz CT molecular complexity index is 1040. The maximum absolute atomic E-state index is 10.9. The van der Waals surface area contributed by atoms with Crippen LogP contribution in [0.5, 0.6) is 0 Å². The zero-order valence-corrected chi connectivity index (χ0v) is 16.7. The van der Waals surface area contributed by atoms with Crippen LogP contribution in [0.15, 0.2) is 91.1 Å². The van der Waals surface area contributed by atoms with E-state index >= 15 is 0 Å². The highest BCUT2D eigenvalue weighted by atomic mass is 16.3. The van der Waals surface area contributed by atoms with Gasteiger partial charge < -0.3 is 5.11 Å². The van der Waals surface area contributed by atoms with Crippen molar-refractivity contribution in [3.05, 3.63) is 102 Å². The number of aryl methyl sites for hydroxylation is 2. The summed E-state index contributed by atoms with van der Waals surface area (Å²) in [5.74, 6) is 0. The molecule has 1 atom stereocenters. The first kappa shape index (κ1) is 19.2. The van der Waals surface area contributed by atoms with Crippen LogP contribution in [0.3, 0.4) is 0 Å². The third-order valence-corrected chi connectivity index (χ3v) is 5.39. The lowest BCUT2D eigenvalue weighted by Crippen LogP contribution is -2.07. The van der Waals surface area contributed by atoms with Crippen LogP contribution < -0.4 is 0 Å². The smallest absolute Gasteiger partial charge is 0.0963 e. The highest BCUT2D eigenvalue weighted by molar-refractivity contribution is 5.71. The van der Waals surface area contributed by atoms with E-state index in [0.29, 0.717) is 6.42 Å². The summed E-state index contributed by atoms with van der Waals surface area (Å²) < 4.78 is 1.80. The third kappa shape index (κ3) is 4.47. The molecule has 0 aliphatic heterocycles. The van der Waals surface area contributed by atoms with Crippen molar-refractivity contribution in [3.63, 3.8) is 0 Å². The number of aliphatic hydroxyl groups is 1. The SMILES string of the molecule is Cn1ncc(-c2ccc(-c3ccccc3)cc2)c1C(O)CCCc1ccccc1. The first-order valence-corrected chi connectivity index (χ1v) is 10.1. The van der Waals surface area contributed by atoms with Gasteiger partial charge in [-0.1, -0.05) is 84.9 Å². The van der Waals surface area contributed by atoms with Crippen LogP contribution in [0.25, 0.3) is 22.3 Å². The summed E-state index contributed by atoms with van der Waals surface area (Å²) in [6, 6.07) is 29.2. The van der Waals surface area contributed by atoms with Gasteiger partial charge in [-0.15, -0.1) is 0 Å². The molecule has 0 amide bonds. The van der Waals surface area contributed by atoms with E-state index in [-0.39, 0.29) is 0 Å². The summed E-state index contributed by atoms with van der Waals surface area (Å²) in [7, 11) is 1.90. The quantitative estimate of drug-likeness (QED) is 0.438. The van der Waals surface area contributed by atoms with Crippen LogP contribution in [0.1, 0.15) is 30.2 Å². The zero-order chi connectivity index (χ0) is 20.1. The van der Waals surface area contributed by atoms with E-state index in [9.17, 15) is 5.11 Å². The van der Waals surface area contributed by atoms with Crippen LogP contribution in [-0.2, 0) is 13.5 Å². The maximum Gasteiger partial charge on any atom is 0.0963 e. The molecule has 4 rings (SSSR count). The van der Waals surface area contributed by atoms with Crippen LogP contribution in [0.2, 0.25) is 0 Å². The number of hydrogen-bond acceptors (Lipinski definition) is 2. The Morgan fingerprint density at radius 1 is 0.793 bits per heavy atom. The second-order valence-corrected chi connectivity index (χ2v) is 7.40. The van der Waals surface area contributed by atoms with Crippen molar-refractivity contribution < 1.29 is 5.11 Å². The molecule has 0 spiro atoms. The first-order valence-electron chi connectivity index (χ1n) is 10.1. The predicted octanol–water partition coefficient (Wildman–Crippen LogP) is 5.81. The molecule has 146 valence electrons. The maximum atomic E-state index is 10.9. The van der Waals surface area contributed by atoms with Gasteiger partial charge in [0, 0.05) is 12.6 Å². The van der Waals surface area contributed by atoms with Gasteiger partial charge in [0.25, 0.3) is 0 Å². The summed E-state index contributed by atoms with van der Waals surface area (Å²) >= 11 is 0. The minimum absolute atomic E-state index is 0.532. The van der Waals surface area contributed by atoms with E-state index < -0.39 is 6.10 Å². The number of aliphatic hydroxyl groups excluding tert-OH is 1. The minimum atomic E-state index is -0.532. The van der Waals surface area contributed by atoms with Crippen molar-refractivity contribution >= 4 is 0 Å². The molecule has 3 heteroatoms. The Hall–Kier alpha value is -3.17. The number of hydrogen-bond donors (Lipinski definition) is 1. The van der Waals surface area contributed by atoms with Gasteiger partial charge in [-0.05, 0) is 41.5 Å². The van der Waals surface area contributed by atoms with Gasteiger partial charge >= 0.3 is 0 Å². The molecule has 29 heavy (non-hydrogen) atoms. The largest absolute Gasteiger partial charge is 0.387 e. The highest BCUT2D eigenvalue weighted by Gasteiger charge is 2.18. The standard InChI is InChI=1S/C26H26N2O/c1-28-26(25(29)14-8-11-20-9-4-2-5-10-20)24(19-27-28)23-17-15-22(16-18-23)21-12-6-3-7-13-21/h2-7,9-10,12-13,15-19,25,29H,8,11,14H2,1H3. The van der Waals surface area contributed by atoms with Crippen molar-refractivity contribution in [2.75, 3.05) is 0 Å². The fourth-order valence-corrected chi connectivity index (χ4v) is 3.82. The Morgan fingerprint density at radius 3 is 2.07 bits per heavy atom. The summed E-state index contributed by atoms with van der Waals surface area (Å²) in [5.41, 5.74) is 6.65. The Balaban J connectivity index is 1.49. The summed E-state index contributed by atoms with van der Waals surface area (Å²) in [4.78, 5) is 0. The molecule has 4 aromatic rings. The fraction of sp³-hybridized carbons (Fsp3) is 0.192. The normalized spacial score (nSPS) is 12.1. The van der Waals surface area contributed by atoms with E-state index in [0.717, 1.165) is 29.7 Å². The summed E-state index contributed by atoms with van der Waals surface area (Å²) in [6.45, 7) is 0. The second-order valence-electron chi connectivity index (χ2n) is 7.40. The molecule has 0 radical (unpaired) electrons. The van der Waals surface area contributed by atoms with E-state index in [1.807, 2.05) is 37.5 Å². The van der Waals surface area contributed by atoms with Crippen molar-refractivity contribution in [2.45, 2.75) is 25.4 Å². The lowest BCUT2D eigenvalue weighted by molar-refractivity contribution is 0.156. The Labute approximate surface area is 172 Å². The van der Waals surface area contributed by atoms with E-state index in [1.54, 1.807) is 4.68 Å². The molecule has 1 aromatic heterocycles. The average molecular weight is 383 g/mol. The molecule has 0 bridgehead atoms. The van der Waals surface area contributed by atoms with E-state index in [4.69, 9.17) is 0 Å². The van der Waals surface area contributed by atoms with Crippen molar-refractivity contribution in [3.8, 4) is 22.3 Å². The van der Waals surface area contributed by atoms with Crippen LogP contribution >= 0.6 is 0 Å². The molecule has 1 N–H and O–H groups in total. The minimum Gasteiger partial charge on any atom is -0.387 e. The monoisotopic (exact) mass is 382 g/mol. The molecule has 0 aliphatic rings. The number of aromatic nitrogens is 2. The average Bonchev–Trinajstić information content (AvgIpc) is 3.16. The van der Waals surface area contributed by atoms with Gasteiger partial charge in [0.1, 0.15) is 0 Å². The number of benzene rings is 3. The van der Waals surface area contributed by atoms with Crippen molar-refractivity contribution in [1.29, 1.82) is 0 Å². The van der Waals surface area contributed by atoms with Crippen LogP contribution in [0, 0.1) is 0 Å². The summed E-state index contributed by atoms with van der Waals surface area (Å²) in [5, 5.41) is 15.3. The van der Waals surface area contributed by atoms with Crippen LogP contribution in [-0.4, -0.2) is 14.9 Å². The van der Waals surface area contributed by atoms with Gasteiger partial charge in [0.15, 0.2) is 0 Å². The molecular formula is C26H26N2O. The predicted molar refractivity (Wildman–Crippen MR) is 118 cm³/mol. The van der Waals surface area contributed by atoms with Gasteiger partial charge in [-0.25, -0.2) is 0 Å². The molecule has 0 saturated carbocycles. The molecular weight excluding hydrogens is 356 g/mol. The first-order chi connectivity index (χ1) is 14.2. The molecule has 0 aliphatic carbocycles. The van der Waals surface area contributed by atoms with E-state index in [1.165, 1.54) is 16.7 Å². The third-order valence-electron chi connectivity index (χ3n) is 5.39. The molecule has 3 aromatic carbocycles. The van der Waals surface area contributed by atoms with Gasteiger partial charge in [-0.2, -0.15) is 5.10 Å². The Kier molecular flexibility index (Phi) is 5.87. The molecule has 0 saturated heterocycles. The zero-order valence-electron chi connectivity index (χ0n) is 16.7. The van der Waals surface area contributed by atoms with Gasteiger partial charge in [0.2, 0.25) is 0 Å². The molecule has 0 fully saturated rings. The Morgan fingerprint density at radius 2 is 1.38 bits per heavy atom. The van der Waals surface area contributed by atoms with E-state index in [2.05, 4.69) is 65.8 Å². The second kappa shape index (κ2) is 8.89. The van der Waals surface area contributed by atoms with Crippen LogP contribution in [0.4, 0.5) is 0 Å². The summed E-state index contributed by atoms with van der Waals surface area (Å²) in [6.07, 6.45) is 3.94. The fourth-order valence-electron chi connectivity index (χ4n) is 3.82. The molecule has 1 unspecified atom stereocenters.